The second-order valence-electron chi connectivity index (χ2n) is 5.43. The Bertz CT molecular complexity index is 524. The summed E-state index contributed by atoms with van der Waals surface area (Å²) in [5.41, 5.74) is 0. The molecule has 1 saturated heterocycles. The smallest absolute Gasteiger partial charge is 0.259 e. The quantitative estimate of drug-likeness (QED) is 0.879. The van der Waals surface area contributed by atoms with Gasteiger partial charge >= 0.3 is 0 Å². The van der Waals surface area contributed by atoms with Gasteiger partial charge in [0.05, 0.1) is 6.33 Å². The number of nitrogens with zero attached hydrogens (tertiary/aromatic N) is 3. The minimum Gasteiger partial charge on any atom is -0.339 e. The number of piperidine rings is 1. The van der Waals surface area contributed by atoms with E-state index in [1.165, 1.54) is 12.5 Å². The van der Waals surface area contributed by atoms with Gasteiger partial charge in [-0.15, -0.1) is 0 Å². The van der Waals surface area contributed by atoms with Crippen LogP contribution in [-0.4, -0.2) is 48.0 Å². The van der Waals surface area contributed by atoms with Crippen molar-refractivity contribution in [2.24, 2.45) is 7.05 Å². The summed E-state index contributed by atoms with van der Waals surface area (Å²) in [6.45, 7) is 6.08. The van der Waals surface area contributed by atoms with Gasteiger partial charge in [0.25, 0.3) is 10.0 Å². The van der Waals surface area contributed by atoms with Gasteiger partial charge in [-0.1, -0.05) is 0 Å². The summed E-state index contributed by atoms with van der Waals surface area (Å²) in [6.07, 6.45) is 4.92. The maximum absolute atomic E-state index is 12.2. The van der Waals surface area contributed by atoms with E-state index in [0.29, 0.717) is 6.04 Å². The zero-order valence-corrected chi connectivity index (χ0v) is 12.5. The highest BCUT2D eigenvalue weighted by Crippen LogP contribution is 2.15. The molecule has 1 fully saturated rings. The van der Waals surface area contributed by atoms with Gasteiger partial charge in [0, 0.05) is 31.9 Å². The largest absolute Gasteiger partial charge is 0.339 e. The highest BCUT2D eigenvalue weighted by Gasteiger charge is 2.27. The number of hydrogen-bond acceptors (Lipinski definition) is 4. The van der Waals surface area contributed by atoms with E-state index >= 15 is 0 Å². The summed E-state index contributed by atoms with van der Waals surface area (Å²) in [5, 5.41) is 0.0941. The molecule has 0 aromatic carbocycles. The predicted octanol–water partition coefficient (Wildman–Crippen LogP) is 0.571. The third-order valence-corrected chi connectivity index (χ3v) is 4.87. The third-order valence-electron chi connectivity index (χ3n) is 3.46. The minimum atomic E-state index is -3.50. The molecular formula is C12H22N4O2S. The summed E-state index contributed by atoms with van der Waals surface area (Å²) >= 11 is 0. The number of likely N-dealkylation sites (tertiary alicyclic amines) is 1. The summed E-state index contributed by atoms with van der Waals surface area (Å²) in [7, 11) is -1.74. The van der Waals surface area contributed by atoms with Crippen LogP contribution in [0.3, 0.4) is 0 Å². The second kappa shape index (κ2) is 5.60. The molecule has 0 aliphatic carbocycles. The van der Waals surface area contributed by atoms with Gasteiger partial charge < -0.3 is 4.57 Å². The number of imidazole rings is 1. The molecule has 0 radical (unpaired) electrons. The van der Waals surface area contributed by atoms with Crippen molar-refractivity contribution in [3.63, 3.8) is 0 Å². The molecule has 7 heteroatoms. The third kappa shape index (κ3) is 3.55. The number of aryl methyl sites for hydroxylation is 1. The molecular weight excluding hydrogens is 264 g/mol. The number of hydrogen-bond donors (Lipinski definition) is 1. The van der Waals surface area contributed by atoms with Crippen LogP contribution in [0.15, 0.2) is 17.6 Å². The molecule has 6 nitrogen and oxygen atoms in total. The Kier molecular flexibility index (Phi) is 4.27. The van der Waals surface area contributed by atoms with E-state index in [1.54, 1.807) is 11.6 Å². The van der Waals surface area contributed by atoms with Crippen LogP contribution in [0.5, 0.6) is 0 Å². The van der Waals surface area contributed by atoms with Gasteiger partial charge in [0.15, 0.2) is 5.03 Å². The first kappa shape index (κ1) is 14.5. The first-order chi connectivity index (χ1) is 8.88. The van der Waals surface area contributed by atoms with Crippen molar-refractivity contribution in [1.29, 1.82) is 0 Å². The fourth-order valence-electron chi connectivity index (χ4n) is 2.38. The molecule has 1 atom stereocenters. The van der Waals surface area contributed by atoms with Crippen LogP contribution in [0.25, 0.3) is 0 Å². The van der Waals surface area contributed by atoms with Crippen molar-refractivity contribution in [3.05, 3.63) is 12.5 Å². The highest BCUT2D eigenvalue weighted by atomic mass is 32.2. The molecule has 0 spiro atoms. The Morgan fingerprint density at radius 1 is 1.47 bits per heavy atom. The van der Waals surface area contributed by atoms with Crippen LogP contribution >= 0.6 is 0 Å². The molecule has 1 unspecified atom stereocenters. The van der Waals surface area contributed by atoms with Crippen molar-refractivity contribution >= 4 is 10.0 Å². The number of sulfonamides is 1. The van der Waals surface area contributed by atoms with Crippen LogP contribution in [0.4, 0.5) is 0 Å². The monoisotopic (exact) mass is 286 g/mol. The molecule has 2 rings (SSSR count). The molecule has 1 aliphatic heterocycles. The van der Waals surface area contributed by atoms with Gasteiger partial charge in [0.1, 0.15) is 0 Å². The Labute approximate surface area is 114 Å². The Morgan fingerprint density at radius 2 is 2.21 bits per heavy atom. The summed E-state index contributed by atoms with van der Waals surface area (Å²) in [5.74, 6) is 0. The fourth-order valence-corrected chi connectivity index (χ4v) is 3.62. The van der Waals surface area contributed by atoms with Gasteiger partial charge in [0.2, 0.25) is 0 Å². The Balaban J connectivity index is 2.04. The molecule has 0 saturated carbocycles. The molecule has 19 heavy (non-hydrogen) atoms. The normalized spacial score (nSPS) is 22.0. The molecule has 0 amide bonds. The molecule has 2 heterocycles. The molecule has 1 aliphatic rings. The van der Waals surface area contributed by atoms with E-state index in [4.69, 9.17) is 0 Å². The average molecular weight is 286 g/mol. The van der Waals surface area contributed by atoms with Gasteiger partial charge in [-0.3, -0.25) is 4.90 Å². The first-order valence-electron chi connectivity index (χ1n) is 6.63. The average Bonchev–Trinajstić information content (AvgIpc) is 2.76. The fraction of sp³-hybridized carbons (Fsp3) is 0.750. The number of nitrogens with one attached hydrogen (secondary N) is 1. The zero-order valence-electron chi connectivity index (χ0n) is 11.7. The minimum absolute atomic E-state index is 0.0249. The maximum Gasteiger partial charge on any atom is 0.259 e. The van der Waals surface area contributed by atoms with Crippen LogP contribution in [0, 0.1) is 0 Å². The second-order valence-corrected chi connectivity index (χ2v) is 7.09. The topological polar surface area (TPSA) is 67.2 Å². The number of aromatic nitrogens is 2. The summed E-state index contributed by atoms with van der Waals surface area (Å²) < 4.78 is 28.8. The Morgan fingerprint density at radius 3 is 2.79 bits per heavy atom. The van der Waals surface area contributed by atoms with Crippen LogP contribution < -0.4 is 4.72 Å². The van der Waals surface area contributed by atoms with E-state index in [-0.39, 0.29) is 11.1 Å². The lowest BCUT2D eigenvalue weighted by atomic mass is 10.1. The van der Waals surface area contributed by atoms with E-state index in [1.807, 2.05) is 0 Å². The summed E-state index contributed by atoms with van der Waals surface area (Å²) in [6, 6.07) is 0.422. The van der Waals surface area contributed by atoms with Gasteiger partial charge in [-0.2, -0.15) is 0 Å². The van der Waals surface area contributed by atoms with Gasteiger partial charge in [-0.05, 0) is 33.2 Å². The van der Waals surface area contributed by atoms with Crippen molar-refractivity contribution in [2.75, 3.05) is 13.1 Å². The standard InChI is InChI=1S/C12H22N4O2S/c1-10(2)16-6-4-5-11(7-16)14-19(17,18)12-8-15(3)9-13-12/h8-11,14H,4-7H2,1-3H3. The van der Waals surface area contributed by atoms with Gasteiger partial charge in [-0.25, -0.2) is 18.1 Å². The van der Waals surface area contributed by atoms with E-state index in [0.717, 1.165) is 25.9 Å². The molecule has 0 bridgehead atoms. The lowest BCUT2D eigenvalue weighted by Gasteiger charge is -2.35. The van der Waals surface area contributed by atoms with Crippen LogP contribution in [0.1, 0.15) is 26.7 Å². The van der Waals surface area contributed by atoms with Crippen LogP contribution in [0.2, 0.25) is 0 Å². The maximum atomic E-state index is 12.2. The SMILES string of the molecule is CC(C)N1CCCC(NS(=O)(=O)c2cn(C)cn2)C1. The molecule has 108 valence electrons. The molecule has 1 aromatic rings. The first-order valence-corrected chi connectivity index (χ1v) is 8.11. The lowest BCUT2D eigenvalue weighted by molar-refractivity contribution is 0.163. The van der Waals surface area contributed by atoms with Crippen LogP contribution in [-0.2, 0) is 17.1 Å². The Hall–Kier alpha value is -0.920. The van der Waals surface area contributed by atoms with E-state index < -0.39 is 10.0 Å². The zero-order chi connectivity index (χ0) is 14.0. The predicted molar refractivity (Wildman–Crippen MR) is 73.3 cm³/mol. The van der Waals surface area contributed by atoms with E-state index in [2.05, 4.69) is 28.5 Å². The summed E-state index contributed by atoms with van der Waals surface area (Å²) in [4.78, 5) is 6.21. The highest BCUT2D eigenvalue weighted by molar-refractivity contribution is 7.89. The lowest BCUT2D eigenvalue weighted by Crippen LogP contribution is -2.49. The number of rotatable bonds is 4. The van der Waals surface area contributed by atoms with Crippen molar-refractivity contribution in [2.45, 2.75) is 43.8 Å². The van der Waals surface area contributed by atoms with Crippen molar-refractivity contribution in [3.8, 4) is 0 Å². The molecule has 1 aromatic heterocycles. The van der Waals surface area contributed by atoms with E-state index in [9.17, 15) is 8.42 Å². The van der Waals surface area contributed by atoms with Crippen molar-refractivity contribution < 1.29 is 8.42 Å². The van der Waals surface area contributed by atoms with Crippen molar-refractivity contribution in [1.82, 2.24) is 19.2 Å². The molecule has 1 N–H and O–H groups in total.